The largest absolute Gasteiger partial charge is 0.469 e. The van der Waals surface area contributed by atoms with Gasteiger partial charge in [-0.1, -0.05) is 0 Å². The van der Waals surface area contributed by atoms with Crippen LogP contribution in [0.4, 0.5) is 0 Å². The maximum Gasteiger partial charge on any atom is 0.307 e. The molecule has 1 heterocycles. The Kier molecular flexibility index (Phi) is 2.59. The normalized spacial score (nSPS) is 9.55. The summed E-state index contributed by atoms with van der Waals surface area (Å²) >= 11 is 0. The summed E-state index contributed by atoms with van der Waals surface area (Å²) in [5.41, 5.74) is 0. The fourth-order valence-electron chi connectivity index (χ4n) is 0.660. The summed E-state index contributed by atoms with van der Waals surface area (Å²) in [6, 6.07) is 0. The minimum atomic E-state index is -0.223. The van der Waals surface area contributed by atoms with Crippen LogP contribution >= 0.6 is 0 Å². The van der Waals surface area contributed by atoms with Crippen LogP contribution in [0.25, 0.3) is 0 Å². The molecule has 1 rings (SSSR count). The van der Waals surface area contributed by atoms with Gasteiger partial charge < -0.3 is 9.30 Å². The molecular weight excluding hydrogens is 146 g/mol. The molecule has 0 aliphatic carbocycles. The van der Waals surface area contributed by atoms with Gasteiger partial charge in [0, 0.05) is 6.54 Å². The van der Waals surface area contributed by atoms with E-state index in [-0.39, 0.29) is 5.97 Å². The smallest absolute Gasteiger partial charge is 0.307 e. The highest BCUT2D eigenvalue weighted by Gasteiger charge is 1.99. The Morgan fingerprint density at radius 1 is 1.55 bits per heavy atom. The lowest BCUT2D eigenvalue weighted by molar-refractivity contribution is -0.140. The summed E-state index contributed by atoms with van der Waals surface area (Å²) in [6.07, 6.45) is 3.47. The summed E-state index contributed by atoms with van der Waals surface area (Å²) in [4.78, 5) is 10.6. The molecule has 0 aliphatic rings. The number of aryl methyl sites for hydroxylation is 1. The number of hydrogen-bond donors (Lipinski definition) is 0. The zero-order valence-electron chi connectivity index (χ0n) is 6.23. The first-order valence-electron chi connectivity index (χ1n) is 3.22. The maximum absolute atomic E-state index is 10.6. The van der Waals surface area contributed by atoms with Gasteiger partial charge in [0.1, 0.15) is 12.7 Å². The number of aromatic nitrogens is 3. The maximum atomic E-state index is 10.6. The fourth-order valence-corrected chi connectivity index (χ4v) is 0.660. The third kappa shape index (κ3) is 2.37. The van der Waals surface area contributed by atoms with Crippen LogP contribution in [0.15, 0.2) is 12.7 Å². The second-order valence-corrected chi connectivity index (χ2v) is 2.03. The summed E-state index contributed by atoms with van der Waals surface area (Å²) < 4.78 is 6.17. The number of methoxy groups -OCH3 is 1. The Labute approximate surface area is 64.0 Å². The van der Waals surface area contributed by atoms with Crippen molar-refractivity contribution in [1.82, 2.24) is 14.8 Å². The molecule has 0 amide bonds. The number of carbonyl (C=O) groups excluding carboxylic acids is 1. The molecule has 0 unspecified atom stereocenters. The molecular formula is C6H9N3O2. The number of rotatable bonds is 3. The molecule has 0 aromatic carbocycles. The number of nitrogens with zero attached hydrogens (tertiary/aromatic N) is 3. The molecule has 0 spiro atoms. The van der Waals surface area contributed by atoms with Crippen LogP contribution < -0.4 is 0 Å². The van der Waals surface area contributed by atoms with Crippen molar-refractivity contribution >= 4 is 5.97 Å². The van der Waals surface area contributed by atoms with Crippen LogP contribution in [0.1, 0.15) is 6.42 Å². The van der Waals surface area contributed by atoms with Crippen LogP contribution in [0, 0.1) is 0 Å². The van der Waals surface area contributed by atoms with Gasteiger partial charge in [-0.05, 0) is 0 Å². The fraction of sp³-hybridized carbons (Fsp3) is 0.500. The summed E-state index contributed by atoms with van der Waals surface area (Å²) in [5, 5.41) is 7.17. The highest BCUT2D eigenvalue weighted by atomic mass is 16.5. The SMILES string of the molecule is COC(=O)CCn1cnnc1. The molecule has 0 fully saturated rings. The topological polar surface area (TPSA) is 57.0 Å². The van der Waals surface area contributed by atoms with Crippen LogP contribution in [-0.4, -0.2) is 27.8 Å². The highest BCUT2D eigenvalue weighted by Crippen LogP contribution is 1.89. The van der Waals surface area contributed by atoms with Gasteiger partial charge in [0.25, 0.3) is 0 Å². The predicted molar refractivity (Wildman–Crippen MR) is 36.7 cm³/mol. The number of hydrogen-bond acceptors (Lipinski definition) is 4. The molecule has 0 saturated carbocycles. The average molecular weight is 155 g/mol. The van der Waals surface area contributed by atoms with Crippen molar-refractivity contribution in [1.29, 1.82) is 0 Å². The summed E-state index contributed by atoms with van der Waals surface area (Å²) in [5.74, 6) is -0.223. The van der Waals surface area contributed by atoms with Crippen molar-refractivity contribution in [3.8, 4) is 0 Å². The van der Waals surface area contributed by atoms with Crippen molar-refractivity contribution in [3.05, 3.63) is 12.7 Å². The quantitative estimate of drug-likeness (QED) is 0.569. The molecule has 0 N–H and O–H groups in total. The van der Waals surface area contributed by atoms with Gasteiger partial charge in [0.15, 0.2) is 0 Å². The van der Waals surface area contributed by atoms with E-state index in [4.69, 9.17) is 0 Å². The molecule has 0 bridgehead atoms. The molecule has 5 heteroatoms. The van der Waals surface area contributed by atoms with Gasteiger partial charge >= 0.3 is 5.97 Å². The average Bonchev–Trinajstić information content (AvgIpc) is 2.52. The van der Waals surface area contributed by atoms with E-state index in [9.17, 15) is 4.79 Å². The van der Waals surface area contributed by atoms with Crippen molar-refractivity contribution in [2.24, 2.45) is 0 Å². The zero-order chi connectivity index (χ0) is 8.10. The second kappa shape index (κ2) is 3.70. The third-order valence-corrected chi connectivity index (χ3v) is 1.27. The minimum absolute atomic E-state index is 0.223. The van der Waals surface area contributed by atoms with Crippen LogP contribution in [-0.2, 0) is 16.1 Å². The molecule has 5 nitrogen and oxygen atoms in total. The third-order valence-electron chi connectivity index (χ3n) is 1.27. The Morgan fingerprint density at radius 3 is 2.73 bits per heavy atom. The lowest BCUT2D eigenvalue weighted by atomic mass is 10.4. The Balaban J connectivity index is 2.29. The highest BCUT2D eigenvalue weighted by molar-refractivity contribution is 5.68. The van der Waals surface area contributed by atoms with Gasteiger partial charge in [0.2, 0.25) is 0 Å². The second-order valence-electron chi connectivity index (χ2n) is 2.03. The molecule has 0 radical (unpaired) electrons. The molecule has 0 saturated heterocycles. The van der Waals surface area contributed by atoms with E-state index in [1.807, 2.05) is 0 Å². The Bertz CT molecular complexity index is 220. The number of ether oxygens (including phenoxy) is 1. The van der Waals surface area contributed by atoms with E-state index >= 15 is 0 Å². The van der Waals surface area contributed by atoms with E-state index in [1.54, 1.807) is 17.2 Å². The summed E-state index contributed by atoms with van der Waals surface area (Å²) in [7, 11) is 1.37. The first kappa shape index (κ1) is 7.71. The van der Waals surface area contributed by atoms with Gasteiger partial charge in [-0.2, -0.15) is 0 Å². The molecule has 60 valence electrons. The number of carbonyl (C=O) groups is 1. The number of esters is 1. The standard InChI is InChI=1S/C6H9N3O2/c1-11-6(10)2-3-9-4-7-8-5-9/h4-5H,2-3H2,1H3. The molecule has 11 heavy (non-hydrogen) atoms. The van der Waals surface area contributed by atoms with Gasteiger partial charge in [-0.15, -0.1) is 10.2 Å². The summed E-state index contributed by atoms with van der Waals surface area (Å²) in [6.45, 7) is 0.569. The van der Waals surface area contributed by atoms with E-state index in [1.165, 1.54) is 7.11 Å². The Hall–Kier alpha value is -1.39. The van der Waals surface area contributed by atoms with E-state index in [0.717, 1.165) is 0 Å². The lowest BCUT2D eigenvalue weighted by Gasteiger charge is -1.98. The van der Waals surface area contributed by atoms with Crippen molar-refractivity contribution in [2.75, 3.05) is 7.11 Å². The Morgan fingerprint density at radius 2 is 2.18 bits per heavy atom. The first-order chi connectivity index (χ1) is 5.33. The molecule has 1 aromatic heterocycles. The molecule has 0 aliphatic heterocycles. The van der Waals surface area contributed by atoms with Crippen molar-refractivity contribution < 1.29 is 9.53 Å². The molecule has 0 atom stereocenters. The minimum Gasteiger partial charge on any atom is -0.469 e. The van der Waals surface area contributed by atoms with Crippen molar-refractivity contribution in [3.63, 3.8) is 0 Å². The predicted octanol–water partition coefficient (Wildman–Crippen LogP) is -0.159. The zero-order valence-corrected chi connectivity index (χ0v) is 6.23. The van der Waals surface area contributed by atoms with E-state index < -0.39 is 0 Å². The van der Waals surface area contributed by atoms with E-state index in [0.29, 0.717) is 13.0 Å². The van der Waals surface area contributed by atoms with Crippen LogP contribution in [0.3, 0.4) is 0 Å². The van der Waals surface area contributed by atoms with Crippen LogP contribution in [0.2, 0.25) is 0 Å². The lowest BCUT2D eigenvalue weighted by Crippen LogP contribution is -2.05. The van der Waals surface area contributed by atoms with Crippen molar-refractivity contribution in [2.45, 2.75) is 13.0 Å². The van der Waals surface area contributed by atoms with E-state index in [2.05, 4.69) is 14.9 Å². The van der Waals surface area contributed by atoms with Crippen LogP contribution in [0.5, 0.6) is 0 Å². The first-order valence-corrected chi connectivity index (χ1v) is 3.22. The monoisotopic (exact) mass is 155 g/mol. The molecule has 1 aromatic rings. The van der Waals surface area contributed by atoms with Gasteiger partial charge in [0.05, 0.1) is 13.5 Å². The van der Waals surface area contributed by atoms with Gasteiger partial charge in [-0.25, -0.2) is 0 Å². The van der Waals surface area contributed by atoms with Gasteiger partial charge in [-0.3, -0.25) is 4.79 Å².